The summed E-state index contributed by atoms with van der Waals surface area (Å²) in [5.74, 6) is 1.09. The summed E-state index contributed by atoms with van der Waals surface area (Å²) >= 11 is 0. The molecule has 1 aliphatic heterocycles. The zero-order valence-electron chi connectivity index (χ0n) is 11.1. The van der Waals surface area contributed by atoms with Gasteiger partial charge in [-0.15, -0.1) is 0 Å². The Bertz CT molecular complexity index is 477. The fourth-order valence-electron chi connectivity index (χ4n) is 2.17. The van der Waals surface area contributed by atoms with Crippen LogP contribution >= 0.6 is 0 Å². The van der Waals surface area contributed by atoms with Gasteiger partial charge in [0, 0.05) is 30.6 Å². The normalized spacial score (nSPS) is 14.9. The minimum Gasteiger partial charge on any atom is -0.370 e. The van der Waals surface area contributed by atoms with Gasteiger partial charge in [-0.2, -0.15) is 0 Å². The molecule has 3 nitrogen and oxygen atoms in total. The lowest BCUT2D eigenvalue weighted by Gasteiger charge is -2.17. The highest BCUT2D eigenvalue weighted by molar-refractivity contribution is 6.10. The van der Waals surface area contributed by atoms with E-state index >= 15 is 0 Å². The van der Waals surface area contributed by atoms with E-state index in [0.717, 1.165) is 48.5 Å². The van der Waals surface area contributed by atoms with Crippen LogP contribution in [-0.2, 0) is 0 Å². The van der Waals surface area contributed by atoms with Crippen molar-refractivity contribution in [3.05, 3.63) is 34.9 Å². The van der Waals surface area contributed by atoms with Crippen molar-refractivity contribution in [2.75, 3.05) is 13.1 Å². The van der Waals surface area contributed by atoms with E-state index in [-0.39, 0.29) is 5.78 Å². The van der Waals surface area contributed by atoms with Gasteiger partial charge in [-0.05, 0) is 25.8 Å². The molecule has 0 aliphatic carbocycles. The first kappa shape index (κ1) is 12.8. The van der Waals surface area contributed by atoms with Crippen molar-refractivity contribution >= 4 is 11.6 Å². The fraction of sp³-hybridized carbons (Fsp3) is 0.467. The summed E-state index contributed by atoms with van der Waals surface area (Å²) in [5, 5.41) is 3.30. The molecule has 1 heterocycles. The summed E-state index contributed by atoms with van der Waals surface area (Å²) < 4.78 is 0. The molecule has 1 aromatic rings. The monoisotopic (exact) mass is 244 g/mol. The number of amidine groups is 1. The first-order valence-electron chi connectivity index (χ1n) is 6.65. The zero-order valence-corrected chi connectivity index (χ0v) is 11.1. The summed E-state index contributed by atoms with van der Waals surface area (Å²) in [6.07, 6.45) is 2.54. The zero-order chi connectivity index (χ0) is 13.0. The van der Waals surface area contributed by atoms with Crippen molar-refractivity contribution in [3.63, 3.8) is 0 Å². The second kappa shape index (κ2) is 5.80. The van der Waals surface area contributed by atoms with E-state index in [9.17, 15) is 4.79 Å². The third kappa shape index (κ3) is 2.78. The summed E-state index contributed by atoms with van der Waals surface area (Å²) in [6, 6.07) is 5.98. The number of rotatable bonds is 4. The van der Waals surface area contributed by atoms with Gasteiger partial charge in [0.15, 0.2) is 5.78 Å². The minimum atomic E-state index is 0.211. The number of benzene rings is 1. The smallest absolute Gasteiger partial charge is 0.163 e. The molecule has 3 heteroatoms. The number of hydrogen-bond donors (Lipinski definition) is 1. The van der Waals surface area contributed by atoms with E-state index < -0.39 is 0 Å². The summed E-state index contributed by atoms with van der Waals surface area (Å²) in [7, 11) is 0. The number of aliphatic imine (C=N–C) groups is 1. The predicted octanol–water partition coefficient (Wildman–Crippen LogP) is 2.72. The molecule has 2 rings (SSSR count). The van der Waals surface area contributed by atoms with E-state index in [1.54, 1.807) is 0 Å². The number of carbonyl (C=O) groups excluding carboxylic acids is 1. The van der Waals surface area contributed by atoms with Crippen LogP contribution in [0.2, 0.25) is 0 Å². The van der Waals surface area contributed by atoms with Gasteiger partial charge in [0.05, 0.1) is 0 Å². The van der Waals surface area contributed by atoms with E-state index in [0.29, 0.717) is 6.42 Å². The lowest BCUT2D eigenvalue weighted by molar-refractivity contribution is 0.0981. The van der Waals surface area contributed by atoms with Gasteiger partial charge < -0.3 is 5.32 Å². The highest BCUT2D eigenvalue weighted by Crippen LogP contribution is 2.16. The second-order valence-corrected chi connectivity index (χ2v) is 4.73. The Balaban J connectivity index is 2.40. The Morgan fingerprint density at radius 1 is 1.44 bits per heavy atom. The van der Waals surface area contributed by atoms with Crippen LogP contribution in [-0.4, -0.2) is 24.7 Å². The van der Waals surface area contributed by atoms with Gasteiger partial charge in [-0.1, -0.05) is 24.6 Å². The third-order valence-electron chi connectivity index (χ3n) is 3.10. The van der Waals surface area contributed by atoms with Crippen LogP contribution in [0.15, 0.2) is 23.2 Å². The fourth-order valence-corrected chi connectivity index (χ4v) is 2.17. The molecule has 0 amide bonds. The van der Waals surface area contributed by atoms with Crippen LogP contribution < -0.4 is 5.32 Å². The predicted molar refractivity (Wildman–Crippen MR) is 74.4 cm³/mol. The first-order valence-corrected chi connectivity index (χ1v) is 6.65. The van der Waals surface area contributed by atoms with Gasteiger partial charge >= 0.3 is 0 Å². The molecule has 0 unspecified atom stereocenters. The standard InChI is InChI=1S/C15H20N2O/c1-3-5-14(18)12-7-6-11(2)10-13(12)15-16-8-4-9-17-15/h6-7,10H,3-5,8-9H2,1-2H3,(H,16,17). The molecule has 0 aromatic heterocycles. The van der Waals surface area contributed by atoms with Crippen LogP contribution in [0.4, 0.5) is 0 Å². The number of aryl methyl sites for hydroxylation is 1. The van der Waals surface area contributed by atoms with Crippen molar-refractivity contribution in [1.82, 2.24) is 5.32 Å². The number of hydrogen-bond acceptors (Lipinski definition) is 3. The summed E-state index contributed by atoms with van der Waals surface area (Å²) in [5.41, 5.74) is 2.93. The van der Waals surface area contributed by atoms with Crippen molar-refractivity contribution < 1.29 is 4.79 Å². The molecule has 0 fully saturated rings. The maximum atomic E-state index is 12.1. The van der Waals surface area contributed by atoms with E-state index in [4.69, 9.17) is 0 Å². The van der Waals surface area contributed by atoms with Crippen LogP contribution in [0.3, 0.4) is 0 Å². The number of ketones is 1. The summed E-state index contributed by atoms with van der Waals surface area (Å²) in [6.45, 7) is 5.86. The number of nitrogens with zero attached hydrogens (tertiary/aromatic N) is 1. The first-order chi connectivity index (χ1) is 8.72. The molecule has 1 N–H and O–H groups in total. The largest absolute Gasteiger partial charge is 0.370 e. The number of nitrogens with one attached hydrogen (secondary N) is 1. The van der Waals surface area contributed by atoms with Crippen LogP contribution in [0.1, 0.15) is 47.7 Å². The minimum absolute atomic E-state index is 0.211. The lowest BCUT2D eigenvalue weighted by Crippen LogP contribution is -2.31. The Labute approximate surface area is 108 Å². The highest BCUT2D eigenvalue weighted by atomic mass is 16.1. The summed E-state index contributed by atoms with van der Waals surface area (Å²) in [4.78, 5) is 16.6. The second-order valence-electron chi connectivity index (χ2n) is 4.73. The number of Topliss-reactive ketones (excluding diaryl/α,β-unsaturated/α-hetero) is 1. The van der Waals surface area contributed by atoms with Gasteiger partial charge in [0.2, 0.25) is 0 Å². The lowest BCUT2D eigenvalue weighted by atomic mass is 9.97. The van der Waals surface area contributed by atoms with E-state index in [1.165, 1.54) is 0 Å². The Morgan fingerprint density at radius 2 is 2.28 bits per heavy atom. The van der Waals surface area contributed by atoms with Crippen LogP contribution in [0, 0.1) is 6.92 Å². The Morgan fingerprint density at radius 3 is 2.94 bits per heavy atom. The number of carbonyl (C=O) groups is 1. The Kier molecular flexibility index (Phi) is 4.13. The molecule has 0 spiro atoms. The molecule has 0 radical (unpaired) electrons. The van der Waals surface area contributed by atoms with Gasteiger partial charge in [0.25, 0.3) is 0 Å². The molecule has 0 saturated carbocycles. The van der Waals surface area contributed by atoms with Crippen LogP contribution in [0.5, 0.6) is 0 Å². The third-order valence-corrected chi connectivity index (χ3v) is 3.10. The van der Waals surface area contributed by atoms with Crippen molar-refractivity contribution in [2.45, 2.75) is 33.1 Å². The molecule has 1 aromatic carbocycles. The molecule has 1 aliphatic rings. The molecular formula is C15H20N2O. The SMILES string of the molecule is CCCC(=O)c1ccc(C)cc1C1=NCCCN1. The topological polar surface area (TPSA) is 41.5 Å². The molecule has 0 bridgehead atoms. The van der Waals surface area contributed by atoms with E-state index in [1.807, 2.05) is 26.0 Å². The average molecular weight is 244 g/mol. The van der Waals surface area contributed by atoms with Gasteiger partial charge in [-0.25, -0.2) is 0 Å². The van der Waals surface area contributed by atoms with E-state index in [2.05, 4.69) is 16.4 Å². The Hall–Kier alpha value is -1.64. The molecular weight excluding hydrogens is 224 g/mol. The maximum Gasteiger partial charge on any atom is 0.163 e. The van der Waals surface area contributed by atoms with Crippen molar-refractivity contribution in [2.24, 2.45) is 4.99 Å². The maximum absolute atomic E-state index is 12.1. The average Bonchev–Trinajstić information content (AvgIpc) is 2.40. The molecule has 0 atom stereocenters. The molecule has 96 valence electrons. The highest BCUT2D eigenvalue weighted by Gasteiger charge is 2.16. The van der Waals surface area contributed by atoms with Gasteiger partial charge in [0.1, 0.15) is 5.84 Å². The van der Waals surface area contributed by atoms with Gasteiger partial charge in [-0.3, -0.25) is 9.79 Å². The molecule has 0 saturated heterocycles. The van der Waals surface area contributed by atoms with Crippen LogP contribution in [0.25, 0.3) is 0 Å². The van der Waals surface area contributed by atoms with Crippen molar-refractivity contribution in [3.8, 4) is 0 Å². The van der Waals surface area contributed by atoms with Crippen molar-refractivity contribution in [1.29, 1.82) is 0 Å². The quantitative estimate of drug-likeness (QED) is 0.827. The molecule has 18 heavy (non-hydrogen) atoms.